The van der Waals surface area contributed by atoms with Crippen LogP contribution in [0.15, 0.2) is 24.3 Å². The van der Waals surface area contributed by atoms with Crippen molar-refractivity contribution >= 4 is 28.8 Å². The predicted molar refractivity (Wildman–Crippen MR) is 130 cm³/mol. The number of aliphatic hydroxyl groups excluding tert-OH is 2. The number of fused-ring (bicyclic) bond motifs is 2. The van der Waals surface area contributed by atoms with E-state index in [1.165, 1.54) is 6.07 Å². The molecule has 0 spiro atoms. The number of carbonyl (C=O) groups excluding carboxylic acids is 3. The second-order valence-electron chi connectivity index (χ2n) is 8.22. The third-order valence-electron chi connectivity index (χ3n) is 5.74. The summed E-state index contributed by atoms with van der Waals surface area (Å²) in [6, 6.07) is 4.31. The Kier molecular flexibility index (Phi) is 9.27. The number of aromatic hydroxyl groups is 2. The molecule has 0 unspecified atom stereocenters. The van der Waals surface area contributed by atoms with E-state index in [0.29, 0.717) is 11.4 Å². The van der Waals surface area contributed by atoms with E-state index in [1.807, 2.05) is 0 Å². The van der Waals surface area contributed by atoms with Gasteiger partial charge in [0.15, 0.2) is 0 Å². The molecule has 2 aromatic rings. The van der Waals surface area contributed by atoms with Crippen LogP contribution in [0.1, 0.15) is 31.8 Å². The number of phenols is 2. The molecule has 0 saturated carbocycles. The lowest BCUT2D eigenvalue weighted by molar-refractivity contribution is -0.170. The average Bonchev–Trinajstić information content (AvgIpc) is 2.87. The van der Waals surface area contributed by atoms with Crippen molar-refractivity contribution in [1.82, 2.24) is 10.6 Å². The van der Waals surface area contributed by atoms with Crippen molar-refractivity contribution in [2.45, 2.75) is 6.18 Å². The lowest BCUT2D eigenvalue weighted by atomic mass is 9.81. The van der Waals surface area contributed by atoms with Crippen LogP contribution in [-0.2, 0) is 4.79 Å². The van der Waals surface area contributed by atoms with Gasteiger partial charge in [0.2, 0.25) is 11.6 Å². The number of aliphatic hydroxyl groups is 2. The highest BCUT2D eigenvalue weighted by molar-refractivity contribution is 6.34. The number of carbonyl (C=O) groups is 3. The monoisotopic (exact) mass is 540 g/mol. The van der Waals surface area contributed by atoms with Gasteiger partial charge in [-0.25, -0.2) is 0 Å². The molecular weight excluding hydrogens is 513 g/mol. The smallest absolute Gasteiger partial charge is 0.471 e. The molecule has 0 heterocycles. The molecule has 0 aliphatic heterocycles. The number of hydrogen-bond acceptors (Lipinski definition) is 10. The van der Waals surface area contributed by atoms with Crippen molar-refractivity contribution in [1.29, 1.82) is 0 Å². The Balaban J connectivity index is 2.18. The second-order valence-corrected chi connectivity index (χ2v) is 8.22. The molecule has 7 N–H and O–H groups in total. The van der Waals surface area contributed by atoms with E-state index in [4.69, 9.17) is 10.2 Å². The van der Waals surface area contributed by atoms with Gasteiger partial charge in [-0.2, -0.15) is 13.2 Å². The fourth-order valence-corrected chi connectivity index (χ4v) is 4.09. The molecular formula is C24H27F3N4O7. The summed E-state index contributed by atoms with van der Waals surface area (Å²) >= 11 is 0. The van der Waals surface area contributed by atoms with Crippen LogP contribution in [0.25, 0.3) is 0 Å². The molecule has 3 rings (SSSR count). The first-order valence-corrected chi connectivity index (χ1v) is 11.6. The maximum absolute atomic E-state index is 13.6. The summed E-state index contributed by atoms with van der Waals surface area (Å²) in [5.74, 6) is -5.56. The number of ketones is 2. The number of phenolic OH excluding ortho intramolecular Hbond substituents is 2. The Morgan fingerprint density at radius 3 is 1.87 bits per heavy atom. The maximum Gasteiger partial charge on any atom is 0.471 e. The Bertz CT molecular complexity index is 1220. The first-order chi connectivity index (χ1) is 18.0. The minimum Gasteiger partial charge on any atom is -0.507 e. The van der Waals surface area contributed by atoms with Crippen LogP contribution in [0.2, 0.25) is 0 Å². The second kappa shape index (κ2) is 12.2. The van der Waals surface area contributed by atoms with Crippen molar-refractivity contribution in [2.24, 2.45) is 0 Å². The van der Waals surface area contributed by atoms with Gasteiger partial charge in [-0.1, -0.05) is 0 Å². The van der Waals surface area contributed by atoms with Crippen molar-refractivity contribution in [2.75, 3.05) is 62.7 Å². The number of rotatable bonds is 12. The third kappa shape index (κ3) is 5.88. The quantitative estimate of drug-likeness (QED) is 0.126. The molecule has 14 heteroatoms. The molecule has 206 valence electrons. The van der Waals surface area contributed by atoms with Crippen molar-refractivity contribution in [3.8, 4) is 11.5 Å². The van der Waals surface area contributed by atoms with E-state index >= 15 is 0 Å². The normalized spacial score (nSPS) is 12.8. The summed E-state index contributed by atoms with van der Waals surface area (Å²) in [5.41, 5.74) is -2.48. The standard InChI is InChI=1S/C24H27F3N4O7/c25-24(26,27)23(38)31(10-7-29-9-12-33)14-2-1-13(30-6-5-28-8-11-32)17-18(14)22(37)20-16(35)4-3-15(34)19(20)21(17)36/h1-4,28-30,32-35H,5-12H2. The minimum absolute atomic E-state index is 0.0390. The SMILES string of the molecule is O=C1c2c(O)ccc(O)c2C(=O)c2c(N(CCNCCO)C(=O)C(F)(F)F)ccc(NCCNCCO)c21. The van der Waals surface area contributed by atoms with Crippen LogP contribution < -0.4 is 20.9 Å². The average molecular weight is 540 g/mol. The minimum atomic E-state index is -5.32. The molecule has 1 aliphatic carbocycles. The number of benzene rings is 2. The van der Waals surface area contributed by atoms with Gasteiger partial charge in [0.1, 0.15) is 11.5 Å². The van der Waals surface area contributed by atoms with Crippen LogP contribution in [0.4, 0.5) is 24.5 Å². The molecule has 1 amide bonds. The van der Waals surface area contributed by atoms with Gasteiger partial charge < -0.3 is 41.3 Å². The van der Waals surface area contributed by atoms with Gasteiger partial charge in [-0.05, 0) is 24.3 Å². The molecule has 0 bridgehead atoms. The summed E-state index contributed by atoms with van der Waals surface area (Å²) in [7, 11) is 0. The zero-order chi connectivity index (χ0) is 28.0. The number of nitrogens with one attached hydrogen (secondary N) is 3. The summed E-state index contributed by atoms with van der Waals surface area (Å²) in [6.07, 6.45) is -5.32. The fraction of sp³-hybridized carbons (Fsp3) is 0.375. The molecule has 38 heavy (non-hydrogen) atoms. The Morgan fingerprint density at radius 2 is 1.32 bits per heavy atom. The number of nitrogens with zero attached hydrogens (tertiary/aromatic N) is 1. The van der Waals surface area contributed by atoms with Crippen LogP contribution in [-0.4, -0.2) is 96.6 Å². The Labute approximate surface area is 214 Å². The first kappa shape index (κ1) is 28.8. The van der Waals surface area contributed by atoms with E-state index in [-0.39, 0.29) is 50.6 Å². The zero-order valence-electron chi connectivity index (χ0n) is 20.1. The van der Waals surface area contributed by atoms with Gasteiger partial charge in [-0.3, -0.25) is 14.4 Å². The van der Waals surface area contributed by atoms with Gasteiger partial charge in [0, 0.05) is 45.0 Å². The third-order valence-corrected chi connectivity index (χ3v) is 5.74. The van der Waals surface area contributed by atoms with E-state index in [0.717, 1.165) is 18.2 Å². The fourth-order valence-electron chi connectivity index (χ4n) is 4.09. The molecule has 2 aromatic carbocycles. The highest BCUT2D eigenvalue weighted by Gasteiger charge is 2.46. The molecule has 0 saturated heterocycles. The summed E-state index contributed by atoms with van der Waals surface area (Å²) in [4.78, 5) is 39.9. The zero-order valence-corrected chi connectivity index (χ0v) is 20.1. The number of alkyl halides is 3. The van der Waals surface area contributed by atoms with Crippen LogP contribution in [0.3, 0.4) is 0 Å². The Morgan fingerprint density at radius 1 is 0.763 bits per heavy atom. The molecule has 0 atom stereocenters. The predicted octanol–water partition coefficient (Wildman–Crippen LogP) is 0.344. The van der Waals surface area contributed by atoms with E-state index < -0.39 is 64.1 Å². The summed E-state index contributed by atoms with van der Waals surface area (Å²) in [6.45, 7) is -0.344. The van der Waals surface area contributed by atoms with Gasteiger partial charge in [-0.15, -0.1) is 0 Å². The van der Waals surface area contributed by atoms with Crippen LogP contribution in [0.5, 0.6) is 11.5 Å². The topological polar surface area (TPSA) is 171 Å². The van der Waals surface area contributed by atoms with Gasteiger partial charge >= 0.3 is 12.1 Å². The number of amides is 1. The number of halogens is 3. The van der Waals surface area contributed by atoms with Crippen LogP contribution >= 0.6 is 0 Å². The van der Waals surface area contributed by atoms with Crippen molar-refractivity contribution in [3.05, 3.63) is 46.5 Å². The Hall–Kier alpha value is -3.72. The highest BCUT2D eigenvalue weighted by atomic mass is 19.4. The lowest BCUT2D eigenvalue weighted by Gasteiger charge is -2.30. The first-order valence-electron chi connectivity index (χ1n) is 11.6. The summed E-state index contributed by atoms with van der Waals surface area (Å²) < 4.78 is 40.7. The molecule has 11 nitrogen and oxygen atoms in total. The molecule has 0 radical (unpaired) electrons. The molecule has 0 fully saturated rings. The highest BCUT2D eigenvalue weighted by Crippen LogP contribution is 2.43. The van der Waals surface area contributed by atoms with E-state index in [9.17, 15) is 37.8 Å². The van der Waals surface area contributed by atoms with Gasteiger partial charge in [0.05, 0.1) is 41.2 Å². The van der Waals surface area contributed by atoms with E-state index in [1.54, 1.807) is 0 Å². The van der Waals surface area contributed by atoms with E-state index in [2.05, 4.69) is 16.0 Å². The molecule has 1 aliphatic rings. The summed E-state index contributed by atoms with van der Waals surface area (Å²) in [5, 5.41) is 46.9. The van der Waals surface area contributed by atoms with Crippen LogP contribution in [0, 0.1) is 0 Å². The maximum atomic E-state index is 13.6. The largest absolute Gasteiger partial charge is 0.507 e. The number of hydrogen-bond donors (Lipinski definition) is 7. The van der Waals surface area contributed by atoms with Crippen molar-refractivity contribution in [3.63, 3.8) is 0 Å². The number of anilines is 2. The molecule has 0 aromatic heterocycles. The van der Waals surface area contributed by atoms with Crippen molar-refractivity contribution < 1.29 is 48.0 Å². The van der Waals surface area contributed by atoms with Gasteiger partial charge in [0.25, 0.3) is 0 Å². The lowest BCUT2D eigenvalue weighted by Crippen LogP contribution is -2.45.